The molecule has 2 heterocycles. The molecule has 1 saturated heterocycles. The number of nitrogens with one attached hydrogen (secondary N) is 2. The minimum absolute atomic E-state index is 0.533. The highest BCUT2D eigenvalue weighted by molar-refractivity contribution is 9.10. The van der Waals surface area contributed by atoms with E-state index in [0.717, 1.165) is 30.7 Å². The Balaban J connectivity index is 1.97. The molecule has 20 heavy (non-hydrogen) atoms. The molecule has 1 aromatic carbocycles. The van der Waals surface area contributed by atoms with Gasteiger partial charge in [-0.3, -0.25) is 4.90 Å². The fourth-order valence-electron chi connectivity index (χ4n) is 3.19. The van der Waals surface area contributed by atoms with Crippen LogP contribution in [0.25, 0.3) is 10.9 Å². The van der Waals surface area contributed by atoms with Crippen molar-refractivity contribution in [2.75, 3.05) is 26.2 Å². The number of halogens is 1. The van der Waals surface area contributed by atoms with Crippen molar-refractivity contribution in [3.05, 3.63) is 34.4 Å². The van der Waals surface area contributed by atoms with E-state index in [1.165, 1.54) is 29.3 Å². The summed E-state index contributed by atoms with van der Waals surface area (Å²) in [6.07, 6.45) is 4.65. The summed E-state index contributed by atoms with van der Waals surface area (Å²) in [6, 6.07) is 7.03. The van der Waals surface area contributed by atoms with Gasteiger partial charge in [0.25, 0.3) is 0 Å². The Morgan fingerprint density at radius 3 is 2.85 bits per heavy atom. The molecule has 3 nitrogen and oxygen atoms in total. The van der Waals surface area contributed by atoms with Gasteiger partial charge in [-0.05, 0) is 30.2 Å². The van der Waals surface area contributed by atoms with Gasteiger partial charge in [-0.15, -0.1) is 0 Å². The molecule has 1 fully saturated rings. The van der Waals surface area contributed by atoms with Crippen molar-refractivity contribution >= 4 is 26.8 Å². The lowest BCUT2D eigenvalue weighted by molar-refractivity contribution is 0.165. The third-order valence-corrected chi connectivity index (χ3v) is 4.68. The predicted molar refractivity (Wildman–Crippen MR) is 88.1 cm³/mol. The Hall–Kier alpha value is -0.840. The Morgan fingerprint density at radius 2 is 2.10 bits per heavy atom. The van der Waals surface area contributed by atoms with Crippen LogP contribution in [0.3, 0.4) is 0 Å². The standard InChI is InChI=1S/C16H22BrN3/c1-2-3-16(20-8-6-18-7-9-20)14-11-19-15-5-4-12(17)10-13(14)15/h4-5,10-11,16,18-19H,2-3,6-9H2,1H3/t16-/m0/s1. The van der Waals surface area contributed by atoms with Crippen LogP contribution in [0.1, 0.15) is 31.4 Å². The van der Waals surface area contributed by atoms with Gasteiger partial charge in [0.2, 0.25) is 0 Å². The Morgan fingerprint density at radius 1 is 1.30 bits per heavy atom. The van der Waals surface area contributed by atoms with Crippen molar-refractivity contribution in [3.63, 3.8) is 0 Å². The summed E-state index contributed by atoms with van der Waals surface area (Å²) in [6.45, 7) is 6.77. The molecule has 4 heteroatoms. The number of aromatic amines is 1. The van der Waals surface area contributed by atoms with Gasteiger partial charge in [0.1, 0.15) is 0 Å². The summed E-state index contributed by atoms with van der Waals surface area (Å²) in [7, 11) is 0. The minimum Gasteiger partial charge on any atom is -0.361 e. The van der Waals surface area contributed by atoms with E-state index in [-0.39, 0.29) is 0 Å². The van der Waals surface area contributed by atoms with E-state index in [9.17, 15) is 0 Å². The number of nitrogens with zero attached hydrogens (tertiary/aromatic N) is 1. The lowest BCUT2D eigenvalue weighted by Crippen LogP contribution is -2.45. The molecular weight excluding hydrogens is 314 g/mol. The average Bonchev–Trinajstić information content (AvgIpc) is 2.88. The summed E-state index contributed by atoms with van der Waals surface area (Å²) in [4.78, 5) is 6.06. The summed E-state index contributed by atoms with van der Waals surface area (Å²) < 4.78 is 1.15. The van der Waals surface area contributed by atoms with Crippen LogP contribution >= 0.6 is 15.9 Å². The summed E-state index contributed by atoms with van der Waals surface area (Å²) >= 11 is 3.60. The summed E-state index contributed by atoms with van der Waals surface area (Å²) in [5.74, 6) is 0. The average molecular weight is 336 g/mol. The van der Waals surface area contributed by atoms with Crippen LogP contribution in [-0.2, 0) is 0 Å². The number of fused-ring (bicyclic) bond motifs is 1. The highest BCUT2D eigenvalue weighted by atomic mass is 79.9. The molecular formula is C16H22BrN3. The third-order valence-electron chi connectivity index (χ3n) is 4.19. The zero-order chi connectivity index (χ0) is 13.9. The fraction of sp³-hybridized carbons (Fsp3) is 0.500. The van der Waals surface area contributed by atoms with E-state index in [1.807, 2.05) is 0 Å². The van der Waals surface area contributed by atoms with Gasteiger partial charge >= 0.3 is 0 Å². The molecule has 2 aromatic rings. The van der Waals surface area contributed by atoms with E-state index in [0.29, 0.717) is 6.04 Å². The smallest absolute Gasteiger partial charge is 0.0458 e. The number of benzene rings is 1. The maximum Gasteiger partial charge on any atom is 0.0458 e. The van der Waals surface area contributed by atoms with Gasteiger partial charge in [-0.1, -0.05) is 29.3 Å². The van der Waals surface area contributed by atoms with Gasteiger partial charge in [0.05, 0.1) is 0 Å². The Bertz CT molecular complexity index is 572. The van der Waals surface area contributed by atoms with Gasteiger partial charge in [0, 0.05) is 53.8 Å². The number of hydrogen-bond donors (Lipinski definition) is 2. The van der Waals surface area contributed by atoms with Crippen molar-refractivity contribution in [1.82, 2.24) is 15.2 Å². The molecule has 0 unspecified atom stereocenters. The second-order valence-electron chi connectivity index (χ2n) is 5.52. The van der Waals surface area contributed by atoms with E-state index in [2.05, 4.69) is 62.5 Å². The first-order valence-corrected chi connectivity index (χ1v) is 8.30. The first-order valence-electron chi connectivity index (χ1n) is 7.51. The molecule has 1 aliphatic heterocycles. The van der Waals surface area contributed by atoms with Crippen LogP contribution in [0, 0.1) is 0 Å². The molecule has 3 rings (SSSR count). The van der Waals surface area contributed by atoms with E-state index >= 15 is 0 Å². The Labute approximate surface area is 128 Å². The summed E-state index contributed by atoms with van der Waals surface area (Å²) in [5, 5.41) is 4.80. The number of piperazine rings is 1. The van der Waals surface area contributed by atoms with Crippen LogP contribution < -0.4 is 5.32 Å². The molecule has 2 N–H and O–H groups in total. The number of H-pyrrole nitrogens is 1. The molecule has 0 amide bonds. The van der Waals surface area contributed by atoms with Crippen LogP contribution in [-0.4, -0.2) is 36.1 Å². The molecule has 108 valence electrons. The topological polar surface area (TPSA) is 31.1 Å². The van der Waals surface area contributed by atoms with Crippen LogP contribution in [0.2, 0.25) is 0 Å². The second kappa shape index (κ2) is 6.29. The van der Waals surface area contributed by atoms with Crippen molar-refractivity contribution in [2.24, 2.45) is 0 Å². The second-order valence-corrected chi connectivity index (χ2v) is 6.44. The summed E-state index contributed by atoms with van der Waals surface area (Å²) in [5.41, 5.74) is 2.68. The van der Waals surface area contributed by atoms with Crippen LogP contribution in [0.4, 0.5) is 0 Å². The number of hydrogen-bond acceptors (Lipinski definition) is 2. The molecule has 0 saturated carbocycles. The van der Waals surface area contributed by atoms with Crippen molar-refractivity contribution < 1.29 is 0 Å². The lowest BCUT2D eigenvalue weighted by Gasteiger charge is -2.35. The fourth-order valence-corrected chi connectivity index (χ4v) is 3.55. The highest BCUT2D eigenvalue weighted by Gasteiger charge is 2.23. The number of rotatable bonds is 4. The van der Waals surface area contributed by atoms with Crippen molar-refractivity contribution in [1.29, 1.82) is 0 Å². The lowest BCUT2D eigenvalue weighted by atomic mass is 9.99. The zero-order valence-electron chi connectivity index (χ0n) is 12.0. The Kier molecular flexibility index (Phi) is 4.44. The minimum atomic E-state index is 0.533. The van der Waals surface area contributed by atoms with Gasteiger partial charge in [-0.25, -0.2) is 0 Å². The monoisotopic (exact) mass is 335 g/mol. The normalized spacial score (nSPS) is 18.5. The van der Waals surface area contributed by atoms with E-state index < -0.39 is 0 Å². The zero-order valence-corrected chi connectivity index (χ0v) is 13.5. The third kappa shape index (κ3) is 2.78. The largest absolute Gasteiger partial charge is 0.361 e. The molecule has 1 atom stereocenters. The van der Waals surface area contributed by atoms with Crippen LogP contribution in [0.15, 0.2) is 28.9 Å². The van der Waals surface area contributed by atoms with Gasteiger partial charge < -0.3 is 10.3 Å². The predicted octanol–water partition coefficient (Wildman–Crippen LogP) is 3.68. The SMILES string of the molecule is CCC[C@@H](c1c[nH]c2ccc(Br)cc12)N1CCNCC1. The molecule has 0 radical (unpaired) electrons. The molecule has 1 aliphatic rings. The molecule has 1 aromatic heterocycles. The maximum absolute atomic E-state index is 3.60. The molecule has 0 bridgehead atoms. The first-order chi connectivity index (χ1) is 9.79. The van der Waals surface area contributed by atoms with Gasteiger partial charge in [-0.2, -0.15) is 0 Å². The van der Waals surface area contributed by atoms with Crippen LogP contribution in [0.5, 0.6) is 0 Å². The molecule has 0 aliphatic carbocycles. The number of aromatic nitrogens is 1. The highest BCUT2D eigenvalue weighted by Crippen LogP contribution is 2.33. The quantitative estimate of drug-likeness (QED) is 0.892. The van der Waals surface area contributed by atoms with Gasteiger partial charge in [0.15, 0.2) is 0 Å². The van der Waals surface area contributed by atoms with E-state index in [1.54, 1.807) is 0 Å². The van der Waals surface area contributed by atoms with E-state index in [4.69, 9.17) is 0 Å². The first kappa shape index (κ1) is 14.1. The van der Waals surface area contributed by atoms with Crippen molar-refractivity contribution in [2.45, 2.75) is 25.8 Å². The van der Waals surface area contributed by atoms with Crippen molar-refractivity contribution in [3.8, 4) is 0 Å². The maximum atomic E-state index is 3.60. The molecule has 0 spiro atoms.